The molecule has 3 heterocycles. The Balaban J connectivity index is 2.14. The second-order valence-corrected chi connectivity index (χ2v) is 7.43. The van der Waals surface area contributed by atoms with Gasteiger partial charge in [0.15, 0.2) is 0 Å². The Labute approximate surface area is 160 Å². The number of nitrogens with zero attached hydrogens (tertiary/aromatic N) is 4. The molecule has 28 heavy (non-hydrogen) atoms. The van der Waals surface area contributed by atoms with Gasteiger partial charge in [-0.1, -0.05) is 6.92 Å². The third kappa shape index (κ3) is 3.64. The van der Waals surface area contributed by atoms with Crippen molar-refractivity contribution in [3.63, 3.8) is 0 Å². The van der Waals surface area contributed by atoms with Crippen LogP contribution in [0.3, 0.4) is 0 Å². The Kier molecular flexibility index (Phi) is 5.50. The highest BCUT2D eigenvalue weighted by atomic mass is 19.3. The van der Waals surface area contributed by atoms with Gasteiger partial charge in [-0.3, -0.25) is 0 Å². The van der Waals surface area contributed by atoms with E-state index in [0.717, 1.165) is 4.52 Å². The van der Waals surface area contributed by atoms with Gasteiger partial charge in [-0.25, -0.2) is 22.7 Å². The Bertz CT molecular complexity index is 903. The first-order chi connectivity index (χ1) is 13.1. The molecule has 0 amide bonds. The summed E-state index contributed by atoms with van der Waals surface area (Å²) in [5.41, 5.74) is -2.54. The van der Waals surface area contributed by atoms with Crippen LogP contribution in [0.15, 0.2) is 6.20 Å². The summed E-state index contributed by atoms with van der Waals surface area (Å²) in [5, 5.41) is 26.7. The van der Waals surface area contributed by atoms with Crippen LogP contribution in [0.25, 0.3) is 5.52 Å². The average Bonchev–Trinajstić information content (AvgIpc) is 2.95. The highest BCUT2D eigenvalue weighted by Crippen LogP contribution is 2.39. The number of hydrogen-bond donors (Lipinski definition) is 2. The highest BCUT2D eigenvalue weighted by molar-refractivity contribution is 5.65. The Morgan fingerprint density at radius 2 is 2.18 bits per heavy atom. The molecule has 1 aliphatic heterocycles. The first kappa shape index (κ1) is 20.4. The molecule has 1 saturated heterocycles. The van der Waals surface area contributed by atoms with Gasteiger partial charge < -0.3 is 15.2 Å². The number of aromatic nitrogens is 3. The number of nitrogens with one attached hydrogen (secondary N) is 1. The number of hydrogen-bond acceptors (Lipinski definition) is 6. The zero-order valence-electron chi connectivity index (χ0n) is 15.8. The van der Waals surface area contributed by atoms with Gasteiger partial charge in [0.2, 0.25) is 5.95 Å². The van der Waals surface area contributed by atoms with Crippen LogP contribution in [0.4, 0.5) is 19.1 Å². The Morgan fingerprint density at radius 1 is 1.46 bits per heavy atom. The number of anilines is 1. The third-order valence-corrected chi connectivity index (χ3v) is 5.17. The minimum absolute atomic E-state index is 0.0456. The molecule has 2 aromatic rings. The summed E-state index contributed by atoms with van der Waals surface area (Å²) in [6.45, 7) is 4.77. The number of aliphatic hydroxyl groups excluding tert-OH is 1. The minimum atomic E-state index is -2.94. The summed E-state index contributed by atoms with van der Waals surface area (Å²) in [4.78, 5) is 4.06. The Morgan fingerprint density at radius 3 is 2.75 bits per heavy atom. The van der Waals surface area contributed by atoms with Gasteiger partial charge in [-0.2, -0.15) is 5.26 Å². The molecule has 1 aliphatic rings. The predicted molar refractivity (Wildman–Crippen MR) is 95.1 cm³/mol. The van der Waals surface area contributed by atoms with Crippen LogP contribution in [0.5, 0.6) is 0 Å². The number of nitriles is 1. The molecule has 1 fully saturated rings. The lowest BCUT2D eigenvalue weighted by Gasteiger charge is -2.28. The van der Waals surface area contributed by atoms with Crippen molar-refractivity contribution in [3.05, 3.63) is 23.0 Å². The molecule has 7 nitrogen and oxygen atoms in total. The molecule has 0 bridgehead atoms. The van der Waals surface area contributed by atoms with Gasteiger partial charge in [0.1, 0.15) is 11.7 Å². The molecule has 3 atom stereocenters. The first-order valence-electron chi connectivity index (χ1n) is 8.96. The monoisotopic (exact) mass is 397 g/mol. The van der Waals surface area contributed by atoms with Crippen molar-refractivity contribution < 1.29 is 23.0 Å². The maximum absolute atomic E-state index is 14.6. The topological polar surface area (TPSA) is 95.5 Å². The van der Waals surface area contributed by atoms with Crippen LogP contribution in [-0.2, 0) is 4.74 Å². The van der Waals surface area contributed by atoms with Crippen LogP contribution in [-0.4, -0.2) is 50.7 Å². The van der Waals surface area contributed by atoms with E-state index in [1.807, 2.05) is 0 Å². The number of halogens is 3. The van der Waals surface area contributed by atoms with E-state index in [0.29, 0.717) is 13.0 Å². The zero-order valence-corrected chi connectivity index (χ0v) is 15.8. The van der Waals surface area contributed by atoms with E-state index >= 15 is 0 Å². The fourth-order valence-electron chi connectivity index (χ4n) is 3.28. The summed E-state index contributed by atoms with van der Waals surface area (Å²) in [6.07, 6.45) is -2.01. The van der Waals surface area contributed by atoms with Crippen molar-refractivity contribution >= 4 is 11.5 Å². The van der Waals surface area contributed by atoms with Crippen molar-refractivity contribution in [2.24, 2.45) is 0 Å². The smallest absolute Gasteiger partial charge is 0.267 e. The largest absolute Gasteiger partial charge is 0.389 e. The van der Waals surface area contributed by atoms with E-state index in [2.05, 4.69) is 15.4 Å². The van der Waals surface area contributed by atoms with Gasteiger partial charge in [0.05, 0.1) is 47.3 Å². The molecule has 3 unspecified atom stereocenters. The van der Waals surface area contributed by atoms with E-state index in [-0.39, 0.29) is 35.4 Å². The lowest BCUT2D eigenvalue weighted by Crippen LogP contribution is -2.42. The van der Waals surface area contributed by atoms with Crippen molar-refractivity contribution in [1.82, 2.24) is 14.6 Å². The van der Waals surface area contributed by atoms with Gasteiger partial charge in [-0.15, -0.1) is 5.10 Å². The van der Waals surface area contributed by atoms with E-state index in [9.17, 15) is 23.5 Å². The fraction of sp³-hybridized carbons (Fsp3) is 0.611. The van der Waals surface area contributed by atoms with Gasteiger partial charge >= 0.3 is 0 Å². The number of aliphatic hydroxyl groups is 1. The van der Waals surface area contributed by atoms with Gasteiger partial charge in [-0.05, 0) is 20.3 Å². The van der Waals surface area contributed by atoms with Crippen LogP contribution >= 0.6 is 0 Å². The zero-order chi connectivity index (χ0) is 20.6. The lowest BCUT2D eigenvalue weighted by atomic mass is 9.89. The summed E-state index contributed by atoms with van der Waals surface area (Å²) in [5.74, 6) is -0.789. The summed E-state index contributed by atoms with van der Waals surface area (Å²) in [7, 11) is 0. The van der Waals surface area contributed by atoms with Crippen LogP contribution < -0.4 is 5.32 Å². The average molecular weight is 397 g/mol. The molecule has 0 aliphatic carbocycles. The third-order valence-electron chi connectivity index (χ3n) is 5.17. The minimum Gasteiger partial charge on any atom is -0.389 e. The first-order valence-corrected chi connectivity index (χ1v) is 8.96. The van der Waals surface area contributed by atoms with Gasteiger partial charge in [0, 0.05) is 12.5 Å². The predicted octanol–water partition coefficient (Wildman–Crippen LogP) is 2.95. The SMILES string of the molecule is CC(c1c(C#N)c(C(F)F)c2cnc(NC3CCOCC3O)nn12)C(C)(C)F. The van der Waals surface area contributed by atoms with E-state index in [4.69, 9.17) is 4.74 Å². The molecular weight excluding hydrogens is 375 g/mol. The van der Waals surface area contributed by atoms with Gasteiger partial charge in [0.25, 0.3) is 6.43 Å². The number of fused-ring (bicyclic) bond motifs is 1. The standard InChI is InChI=1S/C18H22F3N5O2/c1-9(18(2,3)21)15-10(6-22)14(16(19)20)12-7-23-17(25-26(12)15)24-11-4-5-28-8-13(11)27/h7,9,11,13,16,27H,4-5,8H2,1-3H3,(H,24,25). The molecule has 152 valence electrons. The van der Waals surface area contributed by atoms with E-state index in [1.54, 1.807) is 6.07 Å². The summed E-state index contributed by atoms with van der Waals surface area (Å²) < 4.78 is 48.3. The maximum Gasteiger partial charge on any atom is 0.267 e. The number of alkyl halides is 3. The second kappa shape index (κ2) is 7.56. The normalized spacial score (nSPS) is 21.7. The molecule has 0 spiro atoms. The molecule has 0 radical (unpaired) electrons. The Hall–Kier alpha value is -2.38. The van der Waals surface area contributed by atoms with Crippen LogP contribution in [0, 0.1) is 11.3 Å². The molecular formula is C18H22F3N5O2. The van der Waals surface area contributed by atoms with E-state index in [1.165, 1.54) is 27.0 Å². The van der Waals surface area contributed by atoms with Crippen molar-refractivity contribution in [1.29, 1.82) is 5.26 Å². The number of rotatable bonds is 5. The lowest BCUT2D eigenvalue weighted by molar-refractivity contribution is -0.0136. The van der Waals surface area contributed by atoms with Crippen LogP contribution in [0.1, 0.15) is 56.4 Å². The highest BCUT2D eigenvalue weighted by Gasteiger charge is 2.36. The molecule has 0 saturated carbocycles. The molecule has 0 aromatic carbocycles. The molecule has 2 N–H and O–H groups in total. The molecule has 3 rings (SSSR count). The molecule has 2 aromatic heterocycles. The van der Waals surface area contributed by atoms with Crippen molar-refractivity contribution in [2.45, 2.75) is 57.3 Å². The fourth-order valence-corrected chi connectivity index (χ4v) is 3.28. The molecule has 10 heteroatoms. The van der Waals surface area contributed by atoms with Crippen molar-refractivity contribution in [2.75, 3.05) is 18.5 Å². The van der Waals surface area contributed by atoms with E-state index < -0.39 is 29.7 Å². The summed E-state index contributed by atoms with van der Waals surface area (Å²) in [6, 6.07) is 1.41. The van der Waals surface area contributed by atoms with Crippen LogP contribution in [0.2, 0.25) is 0 Å². The summed E-state index contributed by atoms with van der Waals surface area (Å²) >= 11 is 0. The quantitative estimate of drug-likeness (QED) is 0.806. The maximum atomic E-state index is 14.6. The number of ether oxygens (including phenoxy) is 1. The van der Waals surface area contributed by atoms with Crippen molar-refractivity contribution in [3.8, 4) is 6.07 Å². The second-order valence-electron chi connectivity index (χ2n) is 7.43.